The van der Waals surface area contributed by atoms with Gasteiger partial charge in [0, 0.05) is 23.9 Å². The maximum Gasteiger partial charge on any atom is 0.255 e. The van der Waals surface area contributed by atoms with Crippen molar-refractivity contribution in [2.24, 2.45) is 0 Å². The van der Waals surface area contributed by atoms with E-state index in [1.807, 2.05) is 42.8 Å². The van der Waals surface area contributed by atoms with E-state index in [2.05, 4.69) is 10.4 Å². The predicted octanol–water partition coefficient (Wildman–Crippen LogP) is 2.31. The van der Waals surface area contributed by atoms with Gasteiger partial charge in [0.25, 0.3) is 5.91 Å². The lowest BCUT2D eigenvalue weighted by Gasteiger charge is -2.07. The Morgan fingerprint density at radius 1 is 1.32 bits per heavy atom. The van der Waals surface area contributed by atoms with Crippen LogP contribution in [0.15, 0.2) is 24.3 Å². The fourth-order valence-corrected chi connectivity index (χ4v) is 2.44. The van der Waals surface area contributed by atoms with Gasteiger partial charge in [-0.15, -0.1) is 0 Å². The van der Waals surface area contributed by atoms with Crippen LogP contribution in [0.25, 0.3) is 0 Å². The number of hydrogen-bond donors (Lipinski definition) is 2. The number of carbonyl (C=O) groups excluding carboxylic acids is 1. The van der Waals surface area contributed by atoms with E-state index in [9.17, 15) is 4.79 Å². The first-order chi connectivity index (χ1) is 10.5. The molecule has 0 radical (unpaired) electrons. The Labute approximate surface area is 134 Å². The Hall–Kier alpha value is -1.85. The van der Waals surface area contributed by atoms with Gasteiger partial charge in [0.2, 0.25) is 0 Å². The van der Waals surface area contributed by atoms with Gasteiger partial charge in [0.15, 0.2) is 0 Å². The standard InChI is InChI=1S/C16H20ClN3O2/c1-11-15(16(22)18-8-3-9-21)12(2)20(19-11)10-13-4-6-14(17)7-5-13/h4-7,21H,3,8-10H2,1-2H3,(H,18,22). The molecule has 0 fully saturated rings. The maximum atomic E-state index is 12.2. The van der Waals surface area contributed by atoms with Crippen LogP contribution >= 0.6 is 11.6 Å². The number of aliphatic hydroxyl groups excluding tert-OH is 1. The van der Waals surface area contributed by atoms with E-state index in [0.717, 1.165) is 11.3 Å². The Bertz CT molecular complexity index is 650. The number of benzene rings is 1. The number of aryl methyl sites for hydroxylation is 1. The Balaban J connectivity index is 2.15. The third kappa shape index (κ3) is 3.87. The fourth-order valence-electron chi connectivity index (χ4n) is 2.31. The molecule has 2 rings (SSSR count). The number of nitrogens with zero attached hydrogens (tertiary/aromatic N) is 2. The van der Waals surface area contributed by atoms with Gasteiger partial charge < -0.3 is 10.4 Å². The predicted molar refractivity (Wildman–Crippen MR) is 86.3 cm³/mol. The van der Waals surface area contributed by atoms with Gasteiger partial charge in [0.1, 0.15) is 0 Å². The molecule has 118 valence electrons. The second kappa shape index (κ2) is 7.42. The monoisotopic (exact) mass is 321 g/mol. The summed E-state index contributed by atoms with van der Waals surface area (Å²) < 4.78 is 1.82. The molecule has 6 heteroatoms. The highest BCUT2D eigenvalue weighted by molar-refractivity contribution is 6.30. The third-order valence-corrected chi connectivity index (χ3v) is 3.73. The highest BCUT2D eigenvalue weighted by Gasteiger charge is 2.18. The summed E-state index contributed by atoms with van der Waals surface area (Å²) in [6.45, 7) is 4.82. The van der Waals surface area contributed by atoms with Crippen LogP contribution in [-0.2, 0) is 6.54 Å². The van der Waals surface area contributed by atoms with Gasteiger partial charge in [-0.25, -0.2) is 0 Å². The van der Waals surface area contributed by atoms with Gasteiger partial charge in [-0.1, -0.05) is 23.7 Å². The van der Waals surface area contributed by atoms with Crippen molar-refractivity contribution < 1.29 is 9.90 Å². The molecule has 2 N–H and O–H groups in total. The average Bonchev–Trinajstić information content (AvgIpc) is 2.76. The molecular weight excluding hydrogens is 302 g/mol. The van der Waals surface area contributed by atoms with Crippen LogP contribution in [0.2, 0.25) is 5.02 Å². The first-order valence-corrected chi connectivity index (χ1v) is 7.58. The molecule has 0 saturated carbocycles. The van der Waals surface area contributed by atoms with E-state index >= 15 is 0 Å². The molecule has 0 aliphatic rings. The van der Waals surface area contributed by atoms with Crippen molar-refractivity contribution in [3.63, 3.8) is 0 Å². The molecule has 0 unspecified atom stereocenters. The number of halogens is 1. The molecule has 0 atom stereocenters. The molecular formula is C16H20ClN3O2. The minimum atomic E-state index is -0.147. The third-order valence-electron chi connectivity index (χ3n) is 3.47. The van der Waals surface area contributed by atoms with Crippen LogP contribution in [0.3, 0.4) is 0 Å². The lowest BCUT2D eigenvalue weighted by atomic mass is 10.1. The van der Waals surface area contributed by atoms with Gasteiger partial charge >= 0.3 is 0 Å². The molecule has 22 heavy (non-hydrogen) atoms. The van der Waals surface area contributed by atoms with Crippen molar-refractivity contribution >= 4 is 17.5 Å². The van der Waals surface area contributed by atoms with Gasteiger partial charge in [-0.3, -0.25) is 9.48 Å². The van der Waals surface area contributed by atoms with Crippen molar-refractivity contribution in [2.75, 3.05) is 13.2 Å². The summed E-state index contributed by atoms with van der Waals surface area (Å²) in [6.07, 6.45) is 0.544. The van der Waals surface area contributed by atoms with Crippen LogP contribution in [-0.4, -0.2) is 33.9 Å². The minimum absolute atomic E-state index is 0.0636. The molecule has 0 saturated heterocycles. The molecule has 1 amide bonds. The van der Waals surface area contributed by atoms with E-state index in [4.69, 9.17) is 16.7 Å². The summed E-state index contributed by atoms with van der Waals surface area (Å²) in [5, 5.41) is 16.7. The zero-order valence-corrected chi connectivity index (χ0v) is 13.5. The number of carbonyl (C=O) groups is 1. The van der Waals surface area contributed by atoms with Crippen molar-refractivity contribution in [1.29, 1.82) is 0 Å². The number of rotatable bonds is 6. The average molecular weight is 322 g/mol. The van der Waals surface area contributed by atoms with Crippen molar-refractivity contribution in [2.45, 2.75) is 26.8 Å². The lowest BCUT2D eigenvalue weighted by Crippen LogP contribution is -2.26. The zero-order chi connectivity index (χ0) is 16.1. The SMILES string of the molecule is Cc1nn(Cc2ccc(Cl)cc2)c(C)c1C(=O)NCCCO. The lowest BCUT2D eigenvalue weighted by molar-refractivity contribution is 0.0950. The van der Waals surface area contributed by atoms with E-state index < -0.39 is 0 Å². The Morgan fingerprint density at radius 2 is 2.00 bits per heavy atom. The molecule has 0 spiro atoms. The van der Waals surface area contributed by atoms with E-state index in [0.29, 0.717) is 35.8 Å². The maximum absolute atomic E-state index is 12.2. The molecule has 0 aliphatic carbocycles. The molecule has 1 heterocycles. The van der Waals surface area contributed by atoms with Crippen LogP contribution in [0, 0.1) is 13.8 Å². The van der Waals surface area contributed by atoms with Crippen molar-refractivity contribution in [3.05, 3.63) is 51.8 Å². The fraction of sp³-hybridized carbons (Fsp3) is 0.375. The molecule has 0 aliphatic heterocycles. The van der Waals surface area contributed by atoms with E-state index in [1.54, 1.807) is 0 Å². The van der Waals surface area contributed by atoms with Gasteiger partial charge in [0.05, 0.1) is 17.8 Å². The van der Waals surface area contributed by atoms with E-state index in [1.165, 1.54) is 0 Å². The Morgan fingerprint density at radius 3 is 2.64 bits per heavy atom. The number of amides is 1. The summed E-state index contributed by atoms with van der Waals surface area (Å²) in [5.74, 6) is -0.147. The summed E-state index contributed by atoms with van der Waals surface area (Å²) in [5.41, 5.74) is 3.20. The molecule has 1 aromatic carbocycles. The van der Waals surface area contributed by atoms with Gasteiger partial charge in [-0.05, 0) is 38.0 Å². The summed E-state index contributed by atoms with van der Waals surface area (Å²) in [6, 6.07) is 7.57. The van der Waals surface area contributed by atoms with E-state index in [-0.39, 0.29) is 12.5 Å². The summed E-state index contributed by atoms with van der Waals surface area (Å²) in [4.78, 5) is 12.2. The van der Waals surface area contributed by atoms with Crippen LogP contribution in [0.5, 0.6) is 0 Å². The molecule has 5 nitrogen and oxygen atoms in total. The summed E-state index contributed by atoms with van der Waals surface area (Å²) in [7, 11) is 0. The van der Waals surface area contributed by atoms with Crippen LogP contribution < -0.4 is 5.32 Å². The molecule has 2 aromatic rings. The molecule has 0 bridgehead atoms. The number of aromatic nitrogens is 2. The Kier molecular flexibility index (Phi) is 5.57. The zero-order valence-electron chi connectivity index (χ0n) is 12.8. The number of aliphatic hydroxyl groups is 1. The smallest absolute Gasteiger partial charge is 0.255 e. The highest BCUT2D eigenvalue weighted by Crippen LogP contribution is 2.16. The topological polar surface area (TPSA) is 67.2 Å². The second-order valence-electron chi connectivity index (χ2n) is 5.16. The first-order valence-electron chi connectivity index (χ1n) is 7.20. The number of hydrogen-bond acceptors (Lipinski definition) is 3. The largest absolute Gasteiger partial charge is 0.396 e. The molecule has 1 aromatic heterocycles. The van der Waals surface area contributed by atoms with Crippen LogP contribution in [0.4, 0.5) is 0 Å². The van der Waals surface area contributed by atoms with Crippen molar-refractivity contribution in [1.82, 2.24) is 15.1 Å². The second-order valence-corrected chi connectivity index (χ2v) is 5.60. The first kappa shape index (κ1) is 16.5. The van der Waals surface area contributed by atoms with Crippen molar-refractivity contribution in [3.8, 4) is 0 Å². The quantitative estimate of drug-likeness (QED) is 0.802. The van der Waals surface area contributed by atoms with Gasteiger partial charge in [-0.2, -0.15) is 5.10 Å². The number of nitrogens with one attached hydrogen (secondary N) is 1. The summed E-state index contributed by atoms with van der Waals surface area (Å²) >= 11 is 5.88. The minimum Gasteiger partial charge on any atom is -0.396 e. The highest BCUT2D eigenvalue weighted by atomic mass is 35.5. The normalized spacial score (nSPS) is 10.7. The van der Waals surface area contributed by atoms with Crippen LogP contribution in [0.1, 0.15) is 33.7 Å².